The lowest BCUT2D eigenvalue weighted by atomic mass is 9.98. The molecule has 3 rings (SSSR count). The van der Waals surface area contributed by atoms with Crippen molar-refractivity contribution in [3.63, 3.8) is 0 Å². The molecule has 2 aromatic carbocycles. The van der Waals surface area contributed by atoms with E-state index in [0.29, 0.717) is 11.1 Å². The Labute approximate surface area is 163 Å². The van der Waals surface area contributed by atoms with Crippen LogP contribution in [-0.4, -0.2) is 26.8 Å². The summed E-state index contributed by atoms with van der Waals surface area (Å²) < 4.78 is 28.4. The molecule has 0 spiro atoms. The monoisotopic (exact) mass is 401 g/mol. The summed E-state index contributed by atoms with van der Waals surface area (Å²) in [5, 5.41) is 14.2. The number of aliphatic carboxylic acids is 1. The Balaban J connectivity index is 1.92. The average molecular weight is 401 g/mol. The van der Waals surface area contributed by atoms with Crippen molar-refractivity contribution >= 4 is 11.9 Å². The minimum Gasteiger partial charge on any atom is -0.481 e. The number of hydrogen-bond acceptors (Lipinski definition) is 3. The van der Waals surface area contributed by atoms with E-state index in [1.807, 2.05) is 0 Å². The van der Waals surface area contributed by atoms with E-state index in [-0.39, 0.29) is 11.4 Å². The zero-order chi connectivity index (χ0) is 21.1. The molecule has 29 heavy (non-hydrogen) atoms. The van der Waals surface area contributed by atoms with E-state index in [1.54, 1.807) is 6.92 Å². The minimum atomic E-state index is -1.20. The lowest BCUT2D eigenvalue weighted by Gasteiger charge is -2.19. The number of para-hydroxylation sites is 1. The molecule has 150 valence electrons. The van der Waals surface area contributed by atoms with Crippen molar-refractivity contribution in [2.45, 2.75) is 19.4 Å². The topological polar surface area (TPSA) is 104 Å². The fourth-order valence-corrected chi connectivity index (χ4v) is 2.96. The van der Waals surface area contributed by atoms with Crippen LogP contribution in [0.25, 0.3) is 5.69 Å². The predicted molar refractivity (Wildman–Crippen MR) is 99.9 cm³/mol. The number of rotatable bonds is 6. The van der Waals surface area contributed by atoms with Gasteiger partial charge in [-0.25, -0.2) is 13.5 Å². The van der Waals surface area contributed by atoms with Crippen LogP contribution in [0, 0.1) is 18.6 Å². The molecule has 3 N–H and O–H groups in total. The van der Waals surface area contributed by atoms with Crippen LogP contribution in [0.4, 0.5) is 8.78 Å². The third-order valence-electron chi connectivity index (χ3n) is 4.36. The van der Waals surface area contributed by atoms with Crippen LogP contribution in [0.2, 0.25) is 0 Å². The summed E-state index contributed by atoms with van der Waals surface area (Å²) in [4.78, 5) is 36.0. The Kier molecular flexibility index (Phi) is 5.58. The first-order valence-electron chi connectivity index (χ1n) is 8.62. The predicted octanol–water partition coefficient (Wildman–Crippen LogP) is 2.70. The second kappa shape index (κ2) is 8.09. The molecule has 0 saturated heterocycles. The summed E-state index contributed by atoms with van der Waals surface area (Å²) in [7, 11) is 0. The van der Waals surface area contributed by atoms with Gasteiger partial charge >= 0.3 is 5.97 Å². The number of hydrogen-bond donors (Lipinski definition) is 3. The van der Waals surface area contributed by atoms with Crippen molar-refractivity contribution < 1.29 is 23.5 Å². The van der Waals surface area contributed by atoms with Crippen LogP contribution in [0.15, 0.2) is 53.3 Å². The zero-order valence-corrected chi connectivity index (χ0v) is 15.3. The summed E-state index contributed by atoms with van der Waals surface area (Å²) in [5.74, 6) is -3.22. The van der Waals surface area contributed by atoms with E-state index in [4.69, 9.17) is 5.11 Å². The molecule has 0 aliphatic heterocycles. The SMILES string of the molecule is Cc1ccc(F)cc1C(CC(=O)O)NC(=O)c1cc(=O)n(-c2ccccc2F)[nH]1. The van der Waals surface area contributed by atoms with Gasteiger partial charge in [0.2, 0.25) is 0 Å². The summed E-state index contributed by atoms with van der Waals surface area (Å²) in [6, 6.07) is 9.30. The van der Waals surface area contributed by atoms with E-state index < -0.39 is 41.5 Å². The van der Waals surface area contributed by atoms with Gasteiger partial charge in [0.1, 0.15) is 23.0 Å². The highest BCUT2D eigenvalue weighted by Crippen LogP contribution is 2.22. The number of amides is 1. The number of carbonyl (C=O) groups is 2. The van der Waals surface area contributed by atoms with Crippen LogP contribution < -0.4 is 10.9 Å². The molecular formula is C20H17F2N3O4. The standard InChI is InChI=1S/C20H17F2N3O4/c1-11-6-7-12(21)8-13(11)15(10-19(27)28)23-20(29)16-9-18(26)25(24-16)17-5-3-2-4-14(17)22/h2-9,15,24H,10H2,1H3,(H,23,29)(H,27,28). The van der Waals surface area contributed by atoms with Crippen LogP contribution in [0.3, 0.4) is 0 Å². The van der Waals surface area contributed by atoms with Crippen molar-refractivity contribution in [1.29, 1.82) is 0 Å². The van der Waals surface area contributed by atoms with Crippen molar-refractivity contribution in [3.05, 3.63) is 87.3 Å². The molecule has 0 bridgehead atoms. The lowest BCUT2D eigenvalue weighted by molar-refractivity contribution is -0.137. The maximum atomic E-state index is 13.9. The number of benzene rings is 2. The lowest BCUT2D eigenvalue weighted by Crippen LogP contribution is -2.31. The van der Waals surface area contributed by atoms with Crippen LogP contribution in [0.1, 0.15) is 34.1 Å². The van der Waals surface area contributed by atoms with E-state index in [0.717, 1.165) is 22.9 Å². The van der Waals surface area contributed by atoms with E-state index in [1.165, 1.54) is 30.3 Å². The Bertz CT molecular complexity index is 1140. The quantitative estimate of drug-likeness (QED) is 0.591. The number of aromatic amines is 1. The van der Waals surface area contributed by atoms with Crippen LogP contribution in [0.5, 0.6) is 0 Å². The van der Waals surface area contributed by atoms with Crippen LogP contribution >= 0.6 is 0 Å². The number of carboxylic acids is 1. The Morgan fingerprint density at radius 2 is 1.90 bits per heavy atom. The summed E-state index contributed by atoms with van der Waals surface area (Å²) in [5.41, 5.74) is -0.0358. The third kappa shape index (κ3) is 4.40. The second-order valence-electron chi connectivity index (χ2n) is 6.42. The highest BCUT2D eigenvalue weighted by Gasteiger charge is 2.23. The summed E-state index contributed by atoms with van der Waals surface area (Å²) >= 11 is 0. The average Bonchev–Trinajstić information content (AvgIpc) is 3.05. The van der Waals surface area contributed by atoms with Gasteiger partial charge in [-0.2, -0.15) is 0 Å². The maximum absolute atomic E-state index is 13.9. The second-order valence-corrected chi connectivity index (χ2v) is 6.42. The maximum Gasteiger partial charge on any atom is 0.305 e. The normalized spacial score (nSPS) is 11.8. The first-order valence-corrected chi connectivity index (χ1v) is 8.62. The molecule has 0 aliphatic rings. The molecule has 9 heteroatoms. The fraction of sp³-hybridized carbons (Fsp3) is 0.150. The van der Waals surface area contributed by atoms with Gasteiger partial charge in [0.15, 0.2) is 0 Å². The molecule has 1 heterocycles. The number of halogens is 2. The van der Waals surface area contributed by atoms with Crippen molar-refractivity contribution in [1.82, 2.24) is 15.1 Å². The molecule has 1 aromatic heterocycles. The number of nitrogens with one attached hydrogen (secondary N) is 2. The first-order chi connectivity index (χ1) is 13.8. The van der Waals surface area contributed by atoms with Crippen molar-refractivity contribution in [2.75, 3.05) is 0 Å². The molecular weight excluding hydrogens is 384 g/mol. The summed E-state index contributed by atoms with van der Waals surface area (Å²) in [6.07, 6.45) is -0.492. The molecule has 7 nitrogen and oxygen atoms in total. The number of aromatic nitrogens is 2. The number of carbonyl (C=O) groups excluding carboxylic acids is 1. The van der Waals surface area contributed by atoms with Gasteiger partial charge in [0.25, 0.3) is 11.5 Å². The van der Waals surface area contributed by atoms with Gasteiger partial charge in [-0.15, -0.1) is 0 Å². The molecule has 0 aliphatic carbocycles. The molecule has 0 saturated carbocycles. The van der Waals surface area contributed by atoms with E-state index in [9.17, 15) is 23.2 Å². The molecule has 1 amide bonds. The van der Waals surface area contributed by atoms with Crippen molar-refractivity contribution in [3.8, 4) is 5.69 Å². The van der Waals surface area contributed by atoms with Gasteiger partial charge in [0.05, 0.1) is 12.5 Å². The Morgan fingerprint density at radius 1 is 1.17 bits per heavy atom. The van der Waals surface area contributed by atoms with Gasteiger partial charge in [-0.3, -0.25) is 19.5 Å². The van der Waals surface area contributed by atoms with E-state index >= 15 is 0 Å². The minimum absolute atomic E-state index is 0.0698. The van der Waals surface area contributed by atoms with Gasteiger partial charge < -0.3 is 10.4 Å². The Morgan fingerprint density at radius 3 is 2.59 bits per heavy atom. The summed E-state index contributed by atoms with van der Waals surface area (Å²) in [6.45, 7) is 1.66. The van der Waals surface area contributed by atoms with Gasteiger partial charge in [-0.05, 0) is 42.3 Å². The van der Waals surface area contributed by atoms with Gasteiger partial charge in [-0.1, -0.05) is 18.2 Å². The van der Waals surface area contributed by atoms with Gasteiger partial charge in [0, 0.05) is 6.07 Å². The van der Waals surface area contributed by atoms with Crippen molar-refractivity contribution in [2.24, 2.45) is 0 Å². The molecule has 1 unspecified atom stereocenters. The van der Waals surface area contributed by atoms with E-state index in [2.05, 4.69) is 10.4 Å². The Hall–Kier alpha value is -3.75. The third-order valence-corrected chi connectivity index (χ3v) is 4.36. The number of aryl methyl sites for hydroxylation is 1. The fourth-order valence-electron chi connectivity index (χ4n) is 2.96. The number of H-pyrrole nitrogens is 1. The number of carboxylic acid groups (broad SMARTS) is 1. The molecule has 3 aromatic rings. The highest BCUT2D eigenvalue weighted by atomic mass is 19.1. The largest absolute Gasteiger partial charge is 0.481 e. The molecule has 0 fully saturated rings. The smallest absolute Gasteiger partial charge is 0.305 e. The molecule has 1 atom stereocenters. The first kappa shape index (κ1) is 20.0. The highest BCUT2D eigenvalue weighted by molar-refractivity contribution is 5.92. The number of nitrogens with zero attached hydrogens (tertiary/aromatic N) is 1. The van der Waals surface area contributed by atoms with Crippen LogP contribution in [-0.2, 0) is 4.79 Å². The molecule has 0 radical (unpaired) electrons. The zero-order valence-electron chi connectivity index (χ0n) is 15.3.